The molecule has 1 aromatic heterocycles. The lowest BCUT2D eigenvalue weighted by atomic mass is 10.2. The van der Waals surface area contributed by atoms with Crippen LogP contribution >= 0.6 is 31.9 Å². The van der Waals surface area contributed by atoms with Crippen molar-refractivity contribution in [2.75, 3.05) is 0 Å². The van der Waals surface area contributed by atoms with Crippen molar-refractivity contribution in [3.8, 4) is 5.75 Å². The largest absolute Gasteiger partial charge is 0.487 e. The highest BCUT2D eigenvalue weighted by atomic mass is 79.9. The zero-order valence-electron chi connectivity index (χ0n) is 10.3. The number of benzene rings is 1. The van der Waals surface area contributed by atoms with E-state index in [1.165, 1.54) is 6.07 Å². The average Bonchev–Trinajstić information content (AvgIpc) is 2.39. The van der Waals surface area contributed by atoms with Gasteiger partial charge in [0.2, 0.25) is 0 Å². The molecule has 0 saturated carbocycles. The van der Waals surface area contributed by atoms with Gasteiger partial charge in [0.15, 0.2) is 0 Å². The van der Waals surface area contributed by atoms with Crippen LogP contribution in [0, 0.1) is 12.7 Å². The fraction of sp³-hybridized carbons (Fsp3) is 0.214. The third kappa shape index (κ3) is 3.76. The summed E-state index contributed by atoms with van der Waals surface area (Å²) < 4.78 is 20.0. The molecule has 0 N–H and O–H groups in total. The summed E-state index contributed by atoms with van der Waals surface area (Å²) in [5.41, 5.74) is 2.26. The standard InChI is InChI=1S/C14H12Br2FNO/c1-9-2-5-14(13(7-15)18-9)19-8-10-3-4-11(16)6-12(10)17/h2-6H,7-8H2,1H3. The molecule has 0 aliphatic heterocycles. The second-order valence-electron chi connectivity index (χ2n) is 4.06. The first kappa shape index (κ1) is 14.5. The minimum Gasteiger partial charge on any atom is -0.487 e. The van der Waals surface area contributed by atoms with Crippen LogP contribution in [-0.4, -0.2) is 4.98 Å². The number of halogens is 3. The van der Waals surface area contributed by atoms with E-state index in [2.05, 4.69) is 36.8 Å². The van der Waals surface area contributed by atoms with E-state index in [1.54, 1.807) is 12.1 Å². The van der Waals surface area contributed by atoms with Crippen molar-refractivity contribution < 1.29 is 9.13 Å². The van der Waals surface area contributed by atoms with Crippen molar-refractivity contribution in [2.45, 2.75) is 18.9 Å². The Kier molecular flexibility index (Phi) is 4.93. The van der Waals surface area contributed by atoms with E-state index in [9.17, 15) is 4.39 Å². The fourth-order valence-corrected chi connectivity index (χ4v) is 2.35. The van der Waals surface area contributed by atoms with Crippen LogP contribution in [0.4, 0.5) is 4.39 Å². The molecule has 0 saturated heterocycles. The topological polar surface area (TPSA) is 22.1 Å². The fourth-order valence-electron chi connectivity index (χ4n) is 1.62. The van der Waals surface area contributed by atoms with E-state index < -0.39 is 0 Å². The number of hydrogen-bond donors (Lipinski definition) is 0. The van der Waals surface area contributed by atoms with E-state index in [-0.39, 0.29) is 12.4 Å². The number of ether oxygens (including phenoxy) is 1. The molecule has 0 atom stereocenters. The number of aryl methyl sites for hydroxylation is 1. The molecule has 0 aliphatic carbocycles. The van der Waals surface area contributed by atoms with Gasteiger partial charge in [-0.3, -0.25) is 4.98 Å². The highest BCUT2D eigenvalue weighted by Crippen LogP contribution is 2.22. The number of nitrogens with zero attached hydrogens (tertiary/aromatic N) is 1. The highest BCUT2D eigenvalue weighted by Gasteiger charge is 2.07. The van der Waals surface area contributed by atoms with Gasteiger partial charge >= 0.3 is 0 Å². The van der Waals surface area contributed by atoms with Crippen LogP contribution in [0.5, 0.6) is 5.75 Å². The van der Waals surface area contributed by atoms with Gasteiger partial charge in [-0.2, -0.15) is 0 Å². The van der Waals surface area contributed by atoms with Gasteiger partial charge in [-0.1, -0.05) is 37.9 Å². The Morgan fingerprint density at radius 2 is 2.05 bits per heavy atom. The molecule has 100 valence electrons. The summed E-state index contributed by atoms with van der Waals surface area (Å²) >= 11 is 6.60. The molecule has 2 aromatic rings. The van der Waals surface area contributed by atoms with Gasteiger partial charge in [0, 0.05) is 21.1 Å². The summed E-state index contributed by atoms with van der Waals surface area (Å²) in [4.78, 5) is 4.37. The van der Waals surface area contributed by atoms with Gasteiger partial charge in [-0.05, 0) is 31.2 Å². The van der Waals surface area contributed by atoms with Gasteiger partial charge in [0.05, 0.1) is 5.69 Å². The third-order valence-electron chi connectivity index (χ3n) is 2.60. The summed E-state index contributed by atoms with van der Waals surface area (Å²) in [6.45, 7) is 2.11. The van der Waals surface area contributed by atoms with E-state index in [1.807, 2.05) is 19.1 Å². The summed E-state index contributed by atoms with van der Waals surface area (Å²) in [6.07, 6.45) is 0. The molecule has 5 heteroatoms. The van der Waals surface area contributed by atoms with E-state index >= 15 is 0 Å². The molecular formula is C14H12Br2FNO. The zero-order chi connectivity index (χ0) is 13.8. The first-order valence-electron chi connectivity index (χ1n) is 5.69. The van der Waals surface area contributed by atoms with Gasteiger partial charge in [0.1, 0.15) is 18.2 Å². The average molecular weight is 389 g/mol. The maximum absolute atomic E-state index is 13.7. The first-order chi connectivity index (χ1) is 9.10. The third-order valence-corrected chi connectivity index (χ3v) is 3.62. The van der Waals surface area contributed by atoms with Crippen LogP contribution in [0.3, 0.4) is 0 Å². The van der Waals surface area contributed by atoms with Crippen molar-refractivity contribution in [1.82, 2.24) is 4.98 Å². The SMILES string of the molecule is Cc1ccc(OCc2ccc(Br)cc2F)c(CBr)n1. The maximum Gasteiger partial charge on any atom is 0.142 e. The van der Waals surface area contributed by atoms with Crippen LogP contribution in [0.2, 0.25) is 0 Å². The Morgan fingerprint density at radius 3 is 2.74 bits per heavy atom. The molecule has 0 fully saturated rings. The summed E-state index contributed by atoms with van der Waals surface area (Å²) in [7, 11) is 0. The predicted octanol–water partition coefficient (Wildman–Crippen LogP) is 4.77. The van der Waals surface area contributed by atoms with Gasteiger partial charge < -0.3 is 4.74 Å². The number of alkyl halides is 1. The molecule has 2 nitrogen and oxygen atoms in total. The first-order valence-corrected chi connectivity index (χ1v) is 7.61. The van der Waals surface area contributed by atoms with Crippen molar-refractivity contribution >= 4 is 31.9 Å². The molecule has 19 heavy (non-hydrogen) atoms. The smallest absolute Gasteiger partial charge is 0.142 e. The van der Waals surface area contributed by atoms with Crippen LogP contribution < -0.4 is 4.74 Å². The van der Waals surface area contributed by atoms with Crippen molar-refractivity contribution in [2.24, 2.45) is 0 Å². The Bertz CT molecular complexity index is 590. The zero-order valence-corrected chi connectivity index (χ0v) is 13.5. The van der Waals surface area contributed by atoms with Gasteiger partial charge in [-0.15, -0.1) is 0 Å². The Labute approximate surface area is 128 Å². The van der Waals surface area contributed by atoms with E-state index in [0.29, 0.717) is 21.1 Å². The van der Waals surface area contributed by atoms with Crippen LogP contribution in [-0.2, 0) is 11.9 Å². The Balaban J connectivity index is 2.14. The van der Waals surface area contributed by atoms with E-state index in [4.69, 9.17) is 4.74 Å². The number of pyridine rings is 1. The molecule has 0 spiro atoms. The second kappa shape index (κ2) is 6.48. The van der Waals surface area contributed by atoms with Crippen molar-refractivity contribution in [3.63, 3.8) is 0 Å². The van der Waals surface area contributed by atoms with E-state index in [0.717, 1.165) is 11.4 Å². The van der Waals surface area contributed by atoms with Crippen LogP contribution in [0.25, 0.3) is 0 Å². The quantitative estimate of drug-likeness (QED) is 0.704. The number of rotatable bonds is 4. The highest BCUT2D eigenvalue weighted by molar-refractivity contribution is 9.10. The molecular weight excluding hydrogens is 377 g/mol. The van der Waals surface area contributed by atoms with Crippen LogP contribution in [0.1, 0.15) is 17.0 Å². The number of aromatic nitrogens is 1. The Hall–Kier alpha value is -0.940. The Morgan fingerprint density at radius 1 is 1.26 bits per heavy atom. The lowest BCUT2D eigenvalue weighted by molar-refractivity contribution is 0.296. The summed E-state index contributed by atoms with van der Waals surface area (Å²) in [5.74, 6) is 0.389. The normalized spacial score (nSPS) is 10.5. The van der Waals surface area contributed by atoms with Gasteiger partial charge in [-0.25, -0.2) is 4.39 Å². The minimum atomic E-state index is -0.283. The van der Waals surface area contributed by atoms with Crippen LogP contribution in [0.15, 0.2) is 34.8 Å². The molecule has 0 radical (unpaired) electrons. The molecule has 0 amide bonds. The minimum absolute atomic E-state index is 0.184. The monoisotopic (exact) mass is 387 g/mol. The molecule has 0 unspecified atom stereocenters. The predicted molar refractivity (Wildman–Crippen MR) is 80.0 cm³/mol. The van der Waals surface area contributed by atoms with Crippen molar-refractivity contribution in [1.29, 1.82) is 0 Å². The van der Waals surface area contributed by atoms with Crippen molar-refractivity contribution in [3.05, 3.63) is 57.6 Å². The molecule has 0 bridgehead atoms. The molecule has 2 rings (SSSR count). The number of hydrogen-bond acceptors (Lipinski definition) is 2. The maximum atomic E-state index is 13.7. The lowest BCUT2D eigenvalue weighted by Gasteiger charge is -2.10. The summed E-state index contributed by atoms with van der Waals surface area (Å²) in [5, 5.41) is 0.604. The van der Waals surface area contributed by atoms with Gasteiger partial charge in [0.25, 0.3) is 0 Å². The molecule has 0 aliphatic rings. The summed E-state index contributed by atoms with van der Waals surface area (Å²) in [6, 6.07) is 8.65. The molecule has 1 aromatic carbocycles. The second-order valence-corrected chi connectivity index (χ2v) is 5.53. The molecule has 1 heterocycles. The lowest BCUT2D eigenvalue weighted by Crippen LogP contribution is -2.02.